The van der Waals surface area contributed by atoms with Crippen molar-refractivity contribution in [2.24, 2.45) is 5.10 Å². The molecule has 34 heavy (non-hydrogen) atoms. The predicted molar refractivity (Wildman–Crippen MR) is 146 cm³/mol. The summed E-state index contributed by atoms with van der Waals surface area (Å²) < 4.78 is 28.7. The van der Waals surface area contributed by atoms with Crippen molar-refractivity contribution in [2.45, 2.75) is 38.0 Å². The summed E-state index contributed by atoms with van der Waals surface area (Å²) in [5, 5.41) is 4.20. The molecule has 178 valence electrons. The second-order valence-corrected chi connectivity index (χ2v) is 12.0. The first-order valence-electron chi connectivity index (χ1n) is 10.8. The summed E-state index contributed by atoms with van der Waals surface area (Å²) in [7, 11) is -3.95. The molecule has 0 saturated carbocycles. The summed E-state index contributed by atoms with van der Waals surface area (Å²) in [5.74, 6) is -0.538. The van der Waals surface area contributed by atoms with Crippen LogP contribution in [0.3, 0.4) is 0 Å². The molecule has 0 radical (unpaired) electrons. The standard InChI is InChI=1S/C26H28IN3O3S/c1-19(20-10-12-21(13-11-20)26(2,3)4)28-29-25(31)18-30(23-16-14-22(27)15-17-23)34(32,33)24-8-6-5-7-9-24/h5-17H,18H2,1-4H3,(H,29,31)/b28-19-. The third-order valence-electron chi connectivity index (χ3n) is 5.25. The fourth-order valence-electron chi connectivity index (χ4n) is 3.23. The van der Waals surface area contributed by atoms with Crippen molar-refractivity contribution in [2.75, 3.05) is 10.8 Å². The maximum Gasteiger partial charge on any atom is 0.264 e. The van der Waals surface area contributed by atoms with E-state index in [1.165, 1.54) is 17.7 Å². The summed E-state index contributed by atoms with van der Waals surface area (Å²) in [6, 6.07) is 23.0. The highest BCUT2D eigenvalue weighted by atomic mass is 127. The molecule has 6 nitrogen and oxygen atoms in total. The van der Waals surface area contributed by atoms with Gasteiger partial charge in [0.25, 0.3) is 15.9 Å². The molecule has 0 heterocycles. The van der Waals surface area contributed by atoms with Gasteiger partial charge in [-0.05, 0) is 82.5 Å². The SMILES string of the molecule is C/C(=N/NC(=O)CN(c1ccc(I)cc1)S(=O)(=O)c1ccccc1)c1ccc(C(C)(C)C)cc1. The number of anilines is 1. The van der Waals surface area contributed by atoms with Crippen molar-refractivity contribution in [3.8, 4) is 0 Å². The molecule has 0 aliphatic heterocycles. The third kappa shape index (κ3) is 6.44. The second kappa shape index (κ2) is 10.7. The van der Waals surface area contributed by atoms with Crippen LogP contribution in [0.2, 0.25) is 0 Å². The Balaban J connectivity index is 1.81. The van der Waals surface area contributed by atoms with Gasteiger partial charge in [0.1, 0.15) is 6.54 Å². The number of rotatable bonds is 7. The minimum Gasteiger partial charge on any atom is -0.271 e. The normalized spacial score (nSPS) is 12.3. The molecule has 0 fully saturated rings. The summed E-state index contributed by atoms with van der Waals surface area (Å²) in [6.45, 7) is 7.83. The first-order valence-corrected chi connectivity index (χ1v) is 13.3. The van der Waals surface area contributed by atoms with E-state index in [1.807, 2.05) is 24.3 Å². The number of carbonyl (C=O) groups excluding carboxylic acids is 1. The summed E-state index contributed by atoms with van der Waals surface area (Å²) >= 11 is 2.14. The van der Waals surface area contributed by atoms with Gasteiger partial charge in [-0.2, -0.15) is 5.10 Å². The number of sulfonamides is 1. The largest absolute Gasteiger partial charge is 0.271 e. The van der Waals surface area contributed by atoms with Gasteiger partial charge in [0.15, 0.2) is 0 Å². The lowest BCUT2D eigenvalue weighted by atomic mass is 9.86. The first kappa shape index (κ1) is 25.9. The minimum atomic E-state index is -3.95. The molecule has 0 saturated heterocycles. The molecule has 0 aliphatic carbocycles. The molecule has 8 heteroatoms. The van der Waals surface area contributed by atoms with Gasteiger partial charge in [-0.3, -0.25) is 9.10 Å². The molecule has 3 rings (SSSR count). The van der Waals surface area contributed by atoms with Crippen LogP contribution < -0.4 is 9.73 Å². The molecule has 0 unspecified atom stereocenters. The van der Waals surface area contributed by atoms with Crippen LogP contribution >= 0.6 is 22.6 Å². The number of halogens is 1. The van der Waals surface area contributed by atoms with Gasteiger partial charge >= 0.3 is 0 Å². The van der Waals surface area contributed by atoms with Gasteiger partial charge < -0.3 is 0 Å². The van der Waals surface area contributed by atoms with E-state index in [1.54, 1.807) is 49.4 Å². The van der Waals surface area contributed by atoms with Crippen molar-refractivity contribution >= 4 is 49.9 Å². The van der Waals surface area contributed by atoms with Gasteiger partial charge in [-0.1, -0.05) is 63.2 Å². The van der Waals surface area contributed by atoms with Crippen LogP contribution in [-0.2, 0) is 20.2 Å². The van der Waals surface area contributed by atoms with Crippen LogP contribution in [-0.4, -0.2) is 26.6 Å². The lowest BCUT2D eigenvalue weighted by Crippen LogP contribution is -2.39. The number of nitrogens with one attached hydrogen (secondary N) is 1. The fraction of sp³-hybridized carbons (Fsp3) is 0.231. The van der Waals surface area contributed by atoms with Crippen molar-refractivity contribution in [3.63, 3.8) is 0 Å². The van der Waals surface area contributed by atoms with Gasteiger partial charge in [0, 0.05) is 3.57 Å². The number of amides is 1. The number of nitrogens with zero attached hydrogens (tertiary/aromatic N) is 2. The highest BCUT2D eigenvalue weighted by Gasteiger charge is 2.27. The first-order chi connectivity index (χ1) is 16.0. The van der Waals surface area contributed by atoms with E-state index in [9.17, 15) is 13.2 Å². The van der Waals surface area contributed by atoms with Crippen LogP contribution in [0.15, 0.2) is 88.9 Å². The van der Waals surface area contributed by atoms with Crippen molar-refractivity contribution in [3.05, 3.63) is 93.6 Å². The molecule has 0 aromatic heterocycles. The van der Waals surface area contributed by atoms with Crippen LogP contribution in [0, 0.1) is 3.57 Å². The van der Waals surface area contributed by atoms with Crippen molar-refractivity contribution in [1.29, 1.82) is 0 Å². The maximum atomic E-state index is 13.3. The Morgan fingerprint density at radius 2 is 1.53 bits per heavy atom. The molecular formula is C26H28IN3O3S. The van der Waals surface area contributed by atoms with E-state index < -0.39 is 22.5 Å². The highest BCUT2D eigenvalue weighted by Crippen LogP contribution is 2.25. The maximum absolute atomic E-state index is 13.3. The lowest BCUT2D eigenvalue weighted by molar-refractivity contribution is -0.119. The molecule has 0 spiro atoms. The molecule has 1 N–H and O–H groups in total. The molecule has 0 aliphatic rings. The van der Waals surface area contributed by atoms with Crippen molar-refractivity contribution in [1.82, 2.24) is 5.43 Å². The Hall–Kier alpha value is -2.72. The lowest BCUT2D eigenvalue weighted by Gasteiger charge is -2.23. The van der Waals surface area contributed by atoms with Crippen LogP contribution in [0.25, 0.3) is 0 Å². The molecule has 3 aromatic carbocycles. The summed E-state index contributed by atoms with van der Waals surface area (Å²) in [6.07, 6.45) is 0. The zero-order valence-corrected chi connectivity index (χ0v) is 22.6. The van der Waals surface area contributed by atoms with Gasteiger partial charge in [0.05, 0.1) is 16.3 Å². The molecule has 0 atom stereocenters. The van der Waals surface area contributed by atoms with Gasteiger partial charge in [-0.25, -0.2) is 13.8 Å². The second-order valence-electron chi connectivity index (χ2n) is 8.86. The van der Waals surface area contributed by atoms with E-state index in [0.29, 0.717) is 11.4 Å². The monoisotopic (exact) mass is 589 g/mol. The van der Waals surface area contributed by atoms with Crippen LogP contribution in [0.1, 0.15) is 38.8 Å². The quantitative estimate of drug-likeness (QED) is 0.230. The smallest absolute Gasteiger partial charge is 0.264 e. The number of hydrazone groups is 1. The average molecular weight is 589 g/mol. The highest BCUT2D eigenvalue weighted by molar-refractivity contribution is 14.1. The third-order valence-corrected chi connectivity index (χ3v) is 7.76. The summed E-state index contributed by atoms with van der Waals surface area (Å²) in [4.78, 5) is 12.9. The Morgan fingerprint density at radius 3 is 2.09 bits per heavy atom. The Bertz CT molecular complexity index is 1270. The van der Waals surface area contributed by atoms with Crippen molar-refractivity contribution < 1.29 is 13.2 Å². The van der Waals surface area contributed by atoms with Crippen LogP contribution in [0.4, 0.5) is 5.69 Å². The minimum absolute atomic E-state index is 0.0427. The molecule has 1 amide bonds. The number of carbonyl (C=O) groups is 1. The van der Waals surface area contributed by atoms with E-state index >= 15 is 0 Å². The molecular weight excluding hydrogens is 561 g/mol. The Morgan fingerprint density at radius 1 is 0.941 bits per heavy atom. The number of hydrogen-bond acceptors (Lipinski definition) is 4. The van der Waals surface area contributed by atoms with E-state index in [4.69, 9.17) is 0 Å². The Labute approximate surface area is 215 Å². The number of hydrogen-bond donors (Lipinski definition) is 1. The van der Waals surface area contributed by atoms with E-state index in [-0.39, 0.29) is 10.3 Å². The topological polar surface area (TPSA) is 78.8 Å². The van der Waals surface area contributed by atoms with Gasteiger partial charge in [-0.15, -0.1) is 0 Å². The molecule has 3 aromatic rings. The average Bonchev–Trinajstić information content (AvgIpc) is 2.81. The van der Waals surface area contributed by atoms with E-state index in [0.717, 1.165) is 13.4 Å². The van der Waals surface area contributed by atoms with Gasteiger partial charge in [0.2, 0.25) is 0 Å². The zero-order chi connectivity index (χ0) is 24.9. The van der Waals surface area contributed by atoms with E-state index in [2.05, 4.69) is 53.9 Å². The number of benzene rings is 3. The fourth-order valence-corrected chi connectivity index (χ4v) is 5.03. The predicted octanol–water partition coefficient (Wildman–Crippen LogP) is 5.32. The summed E-state index contributed by atoms with van der Waals surface area (Å²) in [5.41, 5.74) is 5.65. The molecule has 0 bridgehead atoms. The Kier molecular flexibility index (Phi) is 8.14. The zero-order valence-electron chi connectivity index (χ0n) is 19.6. The van der Waals surface area contributed by atoms with Crippen LogP contribution in [0.5, 0.6) is 0 Å².